The Bertz CT molecular complexity index is 422. The van der Waals surface area contributed by atoms with Crippen LogP contribution in [-0.4, -0.2) is 24.8 Å². The predicted molar refractivity (Wildman–Crippen MR) is 62.2 cm³/mol. The lowest BCUT2D eigenvalue weighted by Gasteiger charge is -2.13. The minimum atomic E-state index is -1.64. The number of ether oxygens (including phenoxy) is 2. The lowest BCUT2D eigenvalue weighted by molar-refractivity contribution is -0.153. The summed E-state index contributed by atoms with van der Waals surface area (Å²) in [6, 6.07) is 2.73. The summed E-state index contributed by atoms with van der Waals surface area (Å²) in [5.41, 5.74) is -0.156. The molecule has 1 aromatic rings. The molecule has 0 saturated heterocycles. The number of aliphatic hydroxyl groups is 1. The molecule has 0 aliphatic rings. The van der Waals surface area contributed by atoms with Crippen LogP contribution in [0, 0.1) is 5.82 Å². The number of halogens is 2. The molecule has 0 heterocycles. The van der Waals surface area contributed by atoms with E-state index in [1.54, 1.807) is 6.92 Å². The van der Waals surface area contributed by atoms with Crippen molar-refractivity contribution in [2.24, 2.45) is 0 Å². The molecule has 6 heteroatoms. The van der Waals surface area contributed by atoms with Crippen molar-refractivity contribution < 1.29 is 23.8 Å². The molecule has 1 unspecified atom stereocenters. The molecule has 0 bridgehead atoms. The molecule has 4 nitrogen and oxygen atoms in total. The molecule has 94 valence electrons. The molecule has 0 spiro atoms. The van der Waals surface area contributed by atoms with Gasteiger partial charge in [-0.1, -0.05) is 0 Å². The standard InChI is InChI=1S/C11H12BrFO4/c1-3-17-11(15)10(14)6-4-5-7(16-2)8(12)9(6)13/h4-5,10,14H,3H2,1-2H3. The van der Waals surface area contributed by atoms with Crippen LogP contribution in [0.2, 0.25) is 0 Å². The van der Waals surface area contributed by atoms with Crippen molar-refractivity contribution in [1.82, 2.24) is 0 Å². The Morgan fingerprint density at radius 3 is 2.76 bits per heavy atom. The molecular formula is C11H12BrFO4. The fourth-order valence-electron chi connectivity index (χ4n) is 1.26. The lowest BCUT2D eigenvalue weighted by Crippen LogP contribution is -2.16. The van der Waals surface area contributed by atoms with Gasteiger partial charge in [-0.3, -0.25) is 0 Å². The third-order valence-corrected chi connectivity index (χ3v) is 2.84. The third-order valence-electron chi connectivity index (χ3n) is 2.10. The molecule has 1 rings (SSSR count). The second-order valence-electron chi connectivity index (χ2n) is 3.14. The van der Waals surface area contributed by atoms with Crippen molar-refractivity contribution in [3.8, 4) is 5.75 Å². The largest absolute Gasteiger partial charge is 0.495 e. The number of carbonyl (C=O) groups is 1. The van der Waals surface area contributed by atoms with E-state index in [2.05, 4.69) is 20.7 Å². The van der Waals surface area contributed by atoms with Crippen LogP contribution in [0.1, 0.15) is 18.6 Å². The van der Waals surface area contributed by atoms with Crippen LogP contribution >= 0.6 is 15.9 Å². The second-order valence-corrected chi connectivity index (χ2v) is 3.93. The molecule has 0 amide bonds. The van der Waals surface area contributed by atoms with Crippen LogP contribution in [0.3, 0.4) is 0 Å². The van der Waals surface area contributed by atoms with Gasteiger partial charge < -0.3 is 14.6 Å². The van der Waals surface area contributed by atoms with E-state index in [0.717, 1.165) is 0 Å². The van der Waals surface area contributed by atoms with E-state index in [0.29, 0.717) is 0 Å². The van der Waals surface area contributed by atoms with Crippen molar-refractivity contribution >= 4 is 21.9 Å². The van der Waals surface area contributed by atoms with E-state index in [-0.39, 0.29) is 22.4 Å². The number of methoxy groups -OCH3 is 1. The van der Waals surface area contributed by atoms with E-state index in [1.807, 2.05) is 0 Å². The molecule has 0 radical (unpaired) electrons. The van der Waals surface area contributed by atoms with E-state index in [1.165, 1.54) is 19.2 Å². The van der Waals surface area contributed by atoms with Gasteiger partial charge >= 0.3 is 5.97 Å². The number of rotatable bonds is 4. The number of hydrogen-bond donors (Lipinski definition) is 1. The van der Waals surface area contributed by atoms with Gasteiger partial charge in [-0.05, 0) is 35.0 Å². The molecule has 0 aromatic heterocycles. The molecule has 0 aliphatic heterocycles. The lowest BCUT2D eigenvalue weighted by atomic mass is 10.1. The van der Waals surface area contributed by atoms with Crippen LogP contribution in [0.15, 0.2) is 16.6 Å². The van der Waals surface area contributed by atoms with Crippen molar-refractivity contribution in [3.63, 3.8) is 0 Å². The van der Waals surface area contributed by atoms with E-state index in [9.17, 15) is 14.3 Å². The first-order valence-corrected chi connectivity index (χ1v) is 5.68. The average Bonchev–Trinajstić information content (AvgIpc) is 2.32. The van der Waals surface area contributed by atoms with Gasteiger partial charge in [0.2, 0.25) is 0 Å². The van der Waals surface area contributed by atoms with Gasteiger partial charge in [-0.2, -0.15) is 0 Å². The molecule has 1 atom stereocenters. The number of carbonyl (C=O) groups excluding carboxylic acids is 1. The van der Waals surface area contributed by atoms with Gasteiger partial charge in [0.05, 0.1) is 18.2 Å². The first-order chi connectivity index (χ1) is 8.02. The van der Waals surface area contributed by atoms with E-state index >= 15 is 0 Å². The number of esters is 1. The molecule has 1 aromatic carbocycles. The van der Waals surface area contributed by atoms with E-state index < -0.39 is 17.9 Å². The van der Waals surface area contributed by atoms with Crippen molar-refractivity contribution in [2.45, 2.75) is 13.0 Å². The number of aliphatic hydroxyl groups excluding tert-OH is 1. The van der Waals surface area contributed by atoms with Crippen molar-refractivity contribution in [1.29, 1.82) is 0 Å². The van der Waals surface area contributed by atoms with Crippen molar-refractivity contribution in [2.75, 3.05) is 13.7 Å². The highest BCUT2D eigenvalue weighted by Gasteiger charge is 2.24. The summed E-state index contributed by atoms with van der Waals surface area (Å²) in [6.45, 7) is 1.72. The fourth-order valence-corrected chi connectivity index (χ4v) is 1.79. The maximum Gasteiger partial charge on any atom is 0.339 e. The third kappa shape index (κ3) is 2.95. The van der Waals surface area contributed by atoms with Crippen molar-refractivity contribution in [3.05, 3.63) is 28.0 Å². The summed E-state index contributed by atoms with van der Waals surface area (Å²) in [6.07, 6.45) is -1.64. The normalized spacial score (nSPS) is 12.1. The summed E-state index contributed by atoms with van der Waals surface area (Å²) in [5, 5.41) is 9.61. The predicted octanol–water partition coefficient (Wildman–Crippen LogP) is 2.19. The Hall–Kier alpha value is -1.14. The summed E-state index contributed by atoms with van der Waals surface area (Å²) in [5.74, 6) is -1.35. The van der Waals surface area contributed by atoms with Crippen LogP contribution < -0.4 is 4.74 Å². The minimum absolute atomic E-state index is 0.0563. The zero-order chi connectivity index (χ0) is 13.0. The Morgan fingerprint density at radius 1 is 1.59 bits per heavy atom. The molecule has 17 heavy (non-hydrogen) atoms. The molecule has 0 aliphatic carbocycles. The topological polar surface area (TPSA) is 55.8 Å². The maximum atomic E-state index is 13.8. The Morgan fingerprint density at radius 2 is 2.24 bits per heavy atom. The highest BCUT2D eigenvalue weighted by Crippen LogP contribution is 2.32. The molecule has 1 N–H and O–H groups in total. The Kier molecular flexibility index (Phi) is 4.89. The fraction of sp³-hybridized carbons (Fsp3) is 0.364. The highest BCUT2D eigenvalue weighted by molar-refractivity contribution is 9.10. The molecule has 0 fully saturated rings. The summed E-state index contributed by atoms with van der Waals surface area (Å²) in [4.78, 5) is 11.3. The number of benzene rings is 1. The number of hydrogen-bond acceptors (Lipinski definition) is 4. The summed E-state index contributed by atoms with van der Waals surface area (Å²) >= 11 is 2.98. The van der Waals surface area contributed by atoms with E-state index in [4.69, 9.17) is 4.74 Å². The van der Waals surface area contributed by atoms with Gasteiger partial charge in [0.1, 0.15) is 11.6 Å². The molecular weight excluding hydrogens is 295 g/mol. The summed E-state index contributed by atoms with van der Waals surface area (Å²) in [7, 11) is 1.39. The quantitative estimate of drug-likeness (QED) is 0.866. The first-order valence-electron chi connectivity index (χ1n) is 4.89. The van der Waals surface area contributed by atoms with Gasteiger partial charge in [0.25, 0.3) is 0 Å². The zero-order valence-corrected chi connectivity index (χ0v) is 11.0. The van der Waals surface area contributed by atoms with Gasteiger partial charge in [-0.15, -0.1) is 0 Å². The maximum absolute atomic E-state index is 13.8. The monoisotopic (exact) mass is 306 g/mol. The second kappa shape index (κ2) is 5.97. The zero-order valence-electron chi connectivity index (χ0n) is 9.37. The Balaban J connectivity index is 3.07. The average molecular weight is 307 g/mol. The van der Waals surface area contributed by atoms with Gasteiger partial charge in [0.15, 0.2) is 6.10 Å². The van der Waals surface area contributed by atoms with Crippen LogP contribution in [0.4, 0.5) is 4.39 Å². The van der Waals surface area contributed by atoms with Crippen LogP contribution in [-0.2, 0) is 9.53 Å². The Labute approximate surface area is 106 Å². The van der Waals surface area contributed by atoms with Crippen LogP contribution in [0.25, 0.3) is 0 Å². The molecule has 0 saturated carbocycles. The smallest absolute Gasteiger partial charge is 0.339 e. The van der Waals surface area contributed by atoms with Crippen LogP contribution in [0.5, 0.6) is 5.75 Å². The van der Waals surface area contributed by atoms with Gasteiger partial charge in [0, 0.05) is 5.56 Å². The minimum Gasteiger partial charge on any atom is -0.495 e. The summed E-state index contributed by atoms with van der Waals surface area (Å²) < 4.78 is 23.4. The first kappa shape index (κ1) is 13.9. The highest BCUT2D eigenvalue weighted by atomic mass is 79.9. The van der Waals surface area contributed by atoms with Gasteiger partial charge in [-0.25, -0.2) is 9.18 Å². The SMILES string of the molecule is CCOC(=O)C(O)c1ccc(OC)c(Br)c1F.